The van der Waals surface area contributed by atoms with Crippen molar-refractivity contribution in [3.05, 3.63) is 314 Å². The Morgan fingerprint density at radius 3 is 1.61 bits per heavy atom. The first-order valence-corrected chi connectivity index (χ1v) is 29.5. The quantitative estimate of drug-likeness (QED) is 0.110. The molecule has 2 aromatic heterocycles. The van der Waals surface area contributed by atoms with Crippen molar-refractivity contribution in [2.24, 2.45) is 5.92 Å². The number of benzene rings is 11. The highest BCUT2D eigenvalue weighted by Gasteiger charge is 2.31. The Hall–Kier alpha value is -10.2. The van der Waals surface area contributed by atoms with Gasteiger partial charge in [-0.25, -0.2) is 4.98 Å². The number of phenolic OH excluding ortho intramolecular Hbond substituents is 1. The molecule has 0 saturated heterocycles. The molecule has 0 bridgehead atoms. The molecule has 0 radical (unpaired) electrons. The Labute approximate surface area is 492 Å². The average Bonchev–Trinajstić information content (AvgIpc) is 4.06. The Morgan fingerprint density at radius 2 is 0.929 bits per heavy atom. The van der Waals surface area contributed by atoms with Gasteiger partial charge in [0, 0.05) is 33.9 Å². The summed E-state index contributed by atoms with van der Waals surface area (Å²) in [5.74, 6) is 1.52. The number of fused-ring (bicyclic) bond motifs is 1. The van der Waals surface area contributed by atoms with E-state index in [1.807, 2.05) is 30.5 Å². The van der Waals surface area contributed by atoms with Crippen molar-refractivity contribution in [1.82, 2.24) is 14.5 Å². The predicted molar refractivity (Wildman–Crippen MR) is 348 cm³/mol. The van der Waals surface area contributed by atoms with Gasteiger partial charge in [0.2, 0.25) is 0 Å². The summed E-state index contributed by atoms with van der Waals surface area (Å²) in [4.78, 5) is 10.9. The summed E-state index contributed by atoms with van der Waals surface area (Å²) in [6.45, 7) is 2.33. The molecule has 1 saturated carbocycles. The zero-order valence-corrected chi connectivity index (χ0v) is 47.1. The van der Waals surface area contributed by atoms with E-state index in [4.69, 9.17) is 9.97 Å². The number of aromatic nitrogens is 3. The summed E-state index contributed by atoms with van der Waals surface area (Å²) in [5.41, 5.74) is 22.4. The van der Waals surface area contributed by atoms with E-state index in [0.29, 0.717) is 17.3 Å². The fraction of sp³-hybridized carbons (Fsp3) is 0.100. The third-order valence-corrected chi connectivity index (χ3v) is 17.6. The second-order valence-electron chi connectivity index (χ2n) is 22.7. The van der Waals surface area contributed by atoms with Gasteiger partial charge in [0.1, 0.15) is 11.6 Å². The zero-order valence-electron chi connectivity index (χ0n) is 47.1. The number of para-hydroxylation sites is 2. The number of imidazole rings is 1. The normalized spacial score (nSPS) is 12.7. The van der Waals surface area contributed by atoms with Gasteiger partial charge in [0.25, 0.3) is 0 Å². The molecule has 2 heterocycles. The lowest BCUT2D eigenvalue weighted by atomic mass is 9.71. The van der Waals surface area contributed by atoms with Gasteiger partial charge in [-0.15, -0.1) is 0 Å². The monoisotopic (exact) mass is 1080 g/mol. The van der Waals surface area contributed by atoms with E-state index in [1.165, 1.54) is 47.9 Å². The van der Waals surface area contributed by atoms with Crippen LogP contribution in [0.4, 0.5) is 0 Å². The highest BCUT2D eigenvalue weighted by molar-refractivity contribution is 5.99. The van der Waals surface area contributed by atoms with Gasteiger partial charge >= 0.3 is 0 Å². The number of aromatic hydroxyl groups is 1. The molecule has 0 spiro atoms. The molecule has 11 aromatic carbocycles. The van der Waals surface area contributed by atoms with Crippen LogP contribution in [0.1, 0.15) is 54.9 Å². The van der Waals surface area contributed by atoms with Gasteiger partial charge in [-0.3, -0.25) is 9.55 Å². The van der Waals surface area contributed by atoms with Crippen LogP contribution < -0.4 is 0 Å². The maximum absolute atomic E-state index is 13.0. The van der Waals surface area contributed by atoms with Crippen molar-refractivity contribution in [3.63, 3.8) is 0 Å². The average molecular weight is 1080 g/mol. The Morgan fingerprint density at radius 1 is 0.405 bits per heavy atom. The van der Waals surface area contributed by atoms with Crippen LogP contribution in [-0.2, 0) is 11.8 Å². The van der Waals surface area contributed by atoms with E-state index in [0.717, 1.165) is 101 Å². The second kappa shape index (κ2) is 22.6. The number of phenols is 1. The Kier molecular flexibility index (Phi) is 14.0. The maximum atomic E-state index is 13.0. The lowest BCUT2D eigenvalue weighted by molar-refractivity contribution is 0.479. The molecule has 1 fully saturated rings. The summed E-state index contributed by atoms with van der Waals surface area (Å²) >= 11 is 0. The van der Waals surface area contributed by atoms with E-state index >= 15 is 0 Å². The molecule has 1 aliphatic rings. The van der Waals surface area contributed by atoms with E-state index in [2.05, 4.69) is 272 Å². The molecule has 0 amide bonds. The minimum atomic E-state index is -0.346. The molecule has 84 heavy (non-hydrogen) atoms. The number of nitrogens with zero attached hydrogens (tertiary/aromatic N) is 3. The van der Waals surface area contributed by atoms with Crippen LogP contribution in [-0.4, -0.2) is 19.6 Å². The van der Waals surface area contributed by atoms with Crippen LogP contribution in [0.25, 0.3) is 106 Å². The van der Waals surface area contributed by atoms with Crippen molar-refractivity contribution >= 4 is 11.0 Å². The summed E-state index contributed by atoms with van der Waals surface area (Å²) in [5, 5.41) is 13.0. The molecule has 13 aromatic rings. The summed E-state index contributed by atoms with van der Waals surface area (Å²) in [7, 11) is 0. The van der Waals surface area contributed by atoms with E-state index in [1.54, 1.807) is 0 Å². The molecule has 0 aliphatic heterocycles. The van der Waals surface area contributed by atoms with Gasteiger partial charge in [-0.05, 0) is 146 Å². The number of hydrogen-bond donors (Lipinski definition) is 1. The minimum absolute atomic E-state index is 0.175. The minimum Gasteiger partial charge on any atom is -0.507 e. The second-order valence-corrected chi connectivity index (χ2v) is 22.7. The third-order valence-electron chi connectivity index (χ3n) is 17.6. The molecule has 0 unspecified atom stereocenters. The third kappa shape index (κ3) is 9.90. The molecule has 4 heteroatoms. The standard InChI is InChI=1S/C80H63N3O/c1-80(65-31-13-5-14-32-65,66-33-15-6-16-34-66)67-44-42-58(43-45-67)61-47-48-81-74(54-61)64-52-62(57-25-7-2-8-26-57)51-63(53-64)69-37-22-40-76-77(69)82-79(72-39-21-38-71(78(72)84)70-36-20-19-35-68(70)59-27-9-3-10-28-59)83(76)75-46-41-56(49-55-23-17-18-24-55)50-73(75)60-29-11-4-12-30-60/h2-16,19-22,25-48,50-55,84H,17-18,23-24,49H2,1H3. The smallest absolute Gasteiger partial charge is 0.149 e. The number of rotatable bonds is 14. The van der Waals surface area contributed by atoms with Gasteiger partial charge in [0.15, 0.2) is 0 Å². The van der Waals surface area contributed by atoms with Crippen LogP contribution in [0.15, 0.2) is 291 Å². The first-order chi connectivity index (χ1) is 41.4. The topological polar surface area (TPSA) is 50.9 Å². The first-order valence-electron chi connectivity index (χ1n) is 29.5. The maximum Gasteiger partial charge on any atom is 0.149 e. The number of pyridine rings is 1. The molecule has 4 nitrogen and oxygen atoms in total. The van der Waals surface area contributed by atoms with Crippen molar-refractivity contribution in [2.45, 2.75) is 44.4 Å². The Bertz CT molecular complexity index is 4410. The van der Waals surface area contributed by atoms with Crippen LogP contribution in [0.2, 0.25) is 0 Å². The molecule has 0 atom stereocenters. The SMILES string of the molecule is CC(c1ccccc1)(c1ccccc1)c1ccc(-c2ccnc(-c3cc(-c4ccccc4)cc(-c4cccc5c4nc(-c4cccc(-c6ccccc6-c6ccccc6)c4O)n5-c4ccc(CC5CCCC5)cc4-c4ccccc4)c3)c2)cc1. The fourth-order valence-corrected chi connectivity index (χ4v) is 13.1. The molecule has 404 valence electrons. The Balaban J connectivity index is 0.937. The fourth-order valence-electron chi connectivity index (χ4n) is 13.1. The molecule has 1 aliphatic carbocycles. The van der Waals surface area contributed by atoms with Crippen molar-refractivity contribution in [3.8, 4) is 101 Å². The molecule has 14 rings (SSSR count). The van der Waals surface area contributed by atoms with Crippen molar-refractivity contribution in [2.75, 3.05) is 0 Å². The van der Waals surface area contributed by atoms with Gasteiger partial charge < -0.3 is 5.11 Å². The summed E-state index contributed by atoms with van der Waals surface area (Å²) in [6.07, 6.45) is 8.14. The lowest BCUT2D eigenvalue weighted by Gasteiger charge is -2.32. The first kappa shape index (κ1) is 52.0. The van der Waals surface area contributed by atoms with Crippen LogP contribution in [0.3, 0.4) is 0 Å². The van der Waals surface area contributed by atoms with Crippen molar-refractivity contribution in [1.29, 1.82) is 0 Å². The van der Waals surface area contributed by atoms with E-state index < -0.39 is 0 Å². The van der Waals surface area contributed by atoms with E-state index in [-0.39, 0.29) is 11.2 Å². The lowest BCUT2D eigenvalue weighted by Crippen LogP contribution is -2.25. The zero-order chi connectivity index (χ0) is 56.4. The molecular formula is C80H63N3O. The van der Waals surface area contributed by atoms with Crippen molar-refractivity contribution < 1.29 is 5.11 Å². The molecular weight excluding hydrogens is 1020 g/mol. The van der Waals surface area contributed by atoms with Crippen LogP contribution >= 0.6 is 0 Å². The van der Waals surface area contributed by atoms with Gasteiger partial charge in [-0.1, -0.05) is 256 Å². The largest absolute Gasteiger partial charge is 0.507 e. The van der Waals surface area contributed by atoms with Gasteiger partial charge in [-0.2, -0.15) is 0 Å². The summed E-state index contributed by atoms with van der Waals surface area (Å²) < 4.78 is 2.29. The predicted octanol–water partition coefficient (Wildman–Crippen LogP) is 20.5. The van der Waals surface area contributed by atoms with Crippen LogP contribution in [0.5, 0.6) is 5.75 Å². The number of hydrogen-bond acceptors (Lipinski definition) is 3. The summed E-state index contributed by atoms with van der Waals surface area (Å²) in [6, 6.07) is 102. The van der Waals surface area contributed by atoms with Crippen LogP contribution in [0, 0.1) is 5.92 Å². The molecule has 1 N–H and O–H groups in total. The van der Waals surface area contributed by atoms with E-state index in [9.17, 15) is 5.11 Å². The highest BCUT2D eigenvalue weighted by atomic mass is 16.3. The van der Waals surface area contributed by atoms with Gasteiger partial charge in [0.05, 0.1) is 28.0 Å². The highest BCUT2D eigenvalue weighted by Crippen LogP contribution is 2.47.